The number of carbonyl (C=O) groups is 3. The van der Waals surface area contributed by atoms with Gasteiger partial charge in [0.2, 0.25) is 5.76 Å². The molecule has 0 radical (unpaired) electrons. The van der Waals surface area contributed by atoms with Crippen molar-refractivity contribution in [1.82, 2.24) is 0 Å². The zero-order valence-corrected chi connectivity index (χ0v) is 15.2. The second kappa shape index (κ2) is 8.53. The number of hydrogen-bond acceptors (Lipinski definition) is 7. The summed E-state index contributed by atoms with van der Waals surface area (Å²) in [4.78, 5) is 36.4. The van der Waals surface area contributed by atoms with E-state index in [9.17, 15) is 14.4 Å². The number of methoxy groups -OCH3 is 2. The van der Waals surface area contributed by atoms with Crippen molar-refractivity contribution < 1.29 is 33.0 Å². The van der Waals surface area contributed by atoms with Gasteiger partial charge in [-0.2, -0.15) is 0 Å². The van der Waals surface area contributed by atoms with Gasteiger partial charge in [0.1, 0.15) is 11.3 Å². The lowest BCUT2D eigenvalue weighted by molar-refractivity contribution is -0.142. The van der Waals surface area contributed by atoms with Gasteiger partial charge < -0.3 is 18.6 Å². The standard InChI is InChI=1S/C18H17ClO7/c1-4-25-13(20)9-11-14(17(21)23-2)16(18(22)24-3)26-15(11)10-7-5-6-8-12(10)19/h5-8H,4,9H2,1-3H3. The Hall–Kier alpha value is -2.80. The lowest BCUT2D eigenvalue weighted by Crippen LogP contribution is -2.14. The minimum absolute atomic E-state index is 0.101. The zero-order chi connectivity index (χ0) is 19.3. The molecule has 0 unspecified atom stereocenters. The lowest BCUT2D eigenvalue weighted by Gasteiger charge is -2.06. The van der Waals surface area contributed by atoms with E-state index in [-0.39, 0.29) is 35.7 Å². The molecule has 0 spiro atoms. The van der Waals surface area contributed by atoms with Gasteiger partial charge in [0, 0.05) is 11.1 Å². The molecule has 0 amide bonds. The van der Waals surface area contributed by atoms with E-state index in [2.05, 4.69) is 4.74 Å². The van der Waals surface area contributed by atoms with Crippen LogP contribution in [0.25, 0.3) is 11.3 Å². The first-order valence-electron chi connectivity index (χ1n) is 7.67. The van der Waals surface area contributed by atoms with Gasteiger partial charge in [0.25, 0.3) is 0 Å². The third-order valence-electron chi connectivity index (χ3n) is 3.51. The van der Waals surface area contributed by atoms with Crippen molar-refractivity contribution in [3.8, 4) is 11.3 Å². The second-order valence-corrected chi connectivity index (χ2v) is 5.47. The van der Waals surface area contributed by atoms with E-state index < -0.39 is 17.9 Å². The van der Waals surface area contributed by atoms with E-state index in [1.165, 1.54) is 0 Å². The van der Waals surface area contributed by atoms with Gasteiger partial charge in [-0.3, -0.25) is 4.79 Å². The number of esters is 3. The fourth-order valence-corrected chi connectivity index (χ4v) is 2.63. The van der Waals surface area contributed by atoms with Crippen LogP contribution in [0.5, 0.6) is 0 Å². The highest BCUT2D eigenvalue weighted by molar-refractivity contribution is 6.33. The van der Waals surface area contributed by atoms with Crippen LogP contribution in [-0.4, -0.2) is 38.7 Å². The molecule has 8 heteroatoms. The Bertz CT molecular complexity index is 838. The average Bonchev–Trinajstić information content (AvgIpc) is 2.99. The molecule has 0 bridgehead atoms. The van der Waals surface area contributed by atoms with Crippen LogP contribution < -0.4 is 0 Å². The molecule has 26 heavy (non-hydrogen) atoms. The minimum atomic E-state index is -0.881. The molecule has 0 saturated carbocycles. The smallest absolute Gasteiger partial charge is 0.374 e. The van der Waals surface area contributed by atoms with Crippen LogP contribution in [0.4, 0.5) is 0 Å². The first-order chi connectivity index (χ1) is 12.4. The Morgan fingerprint density at radius 3 is 2.31 bits per heavy atom. The molecule has 0 atom stereocenters. The molecular weight excluding hydrogens is 364 g/mol. The summed E-state index contributed by atoms with van der Waals surface area (Å²) in [6, 6.07) is 6.66. The van der Waals surface area contributed by atoms with Gasteiger partial charge >= 0.3 is 17.9 Å². The number of furan rings is 1. The maximum absolute atomic E-state index is 12.3. The predicted octanol–water partition coefficient (Wildman–Crippen LogP) is 3.28. The molecule has 0 saturated heterocycles. The SMILES string of the molecule is CCOC(=O)Cc1c(-c2ccccc2Cl)oc(C(=O)OC)c1C(=O)OC. The fourth-order valence-electron chi connectivity index (χ4n) is 2.41. The molecule has 0 N–H and O–H groups in total. The van der Waals surface area contributed by atoms with Crippen LogP contribution in [0.3, 0.4) is 0 Å². The van der Waals surface area contributed by atoms with Crippen molar-refractivity contribution in [2.24, 2.45) is 0 Å². The van der Waals surface area contributed by atoms with E-state index in [4.69, 9.17) is 25.5 Å². The van der Waals surface area contributed by atoms with Crippen molar-refractivity contribution in [3.05, 3.63) is 46.2 Å². The molecule has 0 aliphatic heterocycles. The van der Waals surface area contributed by atoms with Gasteiger partial charge in [-0.1, -0.05) is 23.7 Å². The molecular formula is C18H17ClO7. The van der Waals surface area contributed by atoms with Gasteiger partial charge in [0.05, 0.1) is 32.3 Å². The summed E-state index contributed by atoms with van der Waals surface area (Å²) in [7, 11) is 2.30. The molecule has 7 nitrogen and oxygen atoms in total. The minimum Gasteiger partial charge on any atom is -0.466 e. The first kappa shape index (κ1) is 19.5. The molecule has 1 aromatic carbocycles. The Morgan fingerprint density at radius 2 is 1.73 bits per heavy atom. The number of hydrogen-bond donors (Lipinski definition) is 0. The number of carbonyl (C=O) groups excluding carboxylic acids is 3. The van der Waals surface area contributed by atoms with Gasteiger partial charge in [-0.05, 0) is 19.1 Å². The largest absolute Gasteiger partial charge is 0.466 e. The van der Waals surface area contributed by atoms with Crippen molar-refractivity contribution in [3.63, 3.8) is 0 Å². The third kappa shape index (κ3) is 3.88. The van der Waals surface area contributed by atoms with Crippen molar-refractivity contribution in [2.45, 2.75) is 13.3 Å². The average molecular weight is 381 g/mol. The van der Waals surface area contributed by atoms with Crippen molar-refractivity contribution in [1.29, 1.82) is 0 Å². The van der Waals surface area contributed by atoms with Gasteiger partial charge in [-0.15, -0.1) is 0 Å². The first-order valence-corrected chi connectivity index (χ1v) is 8.05. The van der Waals surface area contributed by atoms with E-state index in [1.54, 1.807) is 31.2 Å². The van der Waals surface area contributed by atoms with Crippen LogP contribution in [0.1, 0.15) is 33.4 Å². The number of halogens is 1. The summed E-state index contributed by atoms with van der Waals surface area (Å²) < 4.78 is 20.0. The summed E-state index contributed by atoms with van der Waals surface area (Å²) in [5.74, 6) is -2.58. The van der Waals surface area contributed by atoms with Gasteiger partial charge in [-0.25, -0.2) is 9.59 Å². The molecule has 0 fully saturated rings. The molecule has 138 valence electrons. The topological polar surface area (TPSA) is 92.0 Å². The van der Waals surface area contributed by atoms with E-state index in [0.717, 1.165) is 14.2 Å². The summed E-state index contributed by atoms with van der Waals surface area (Å²) >= 11 is 6.21. The van der Waals surface area contributed by atoms with Crippen LogP contribution >= 0.6 is 11.6 Å². The van der Waals surface area contributed by atoms with Crippen molar-refractivity contribution in [2.75, 3.05) is 20.8 Å². The van der Waals surface area contributed by atoms with Crippen LogP contribution in [-0.2, 0) is 25.4 Å². The Kier molecular flexibility index (Phi) is 6.41. The number of rotatable bonds is 6. The predicted molar refractivity (Wildman–Crippen MR) is 92.2 cm³/mol. The fraction of sp³-hybridized carbons (Fsp3) is 0.278. The molecule has 2 rings (SSSR count). The molecule has 0 aliphatic rings. The quantitative estimate of drug-likeness (QED) is 0.560. The Morgan fingerprint density at radius 1 is 1.08 bits per heavy atom. The maximum atomic E-state index is 12.3. The van der Waals surface area contributed by atoms with Crippen molar-refractivity contribution >= 4 is 29.5 Å². The highest BCUT2D eigenvalue weighted by Gasteiger charge is 2.33. The summed E-state index contributed by atoms with van der Waals surface area (Å²) in [5.41, 5.74) is 0.361. The number of ether oxygens (including phenoxy) is 3. The van der Waals surface area contributed by atoms with E-state index in [0.29, 0.717) is 10.6 Å². The molecule has 2 aromatic rings. The normalized spacial score (nSPS) is 10.3. The highest BCUT2D eigenvalue weighted by atomic mass is 35.5. The summed E-state index contributed by atoms with van der Waals surface area (Å²) in [5, 5.41) is 0.319. The van der Waals surface area contributed by atoms with Crippen LogP contribution in [0, 0.1) is 0 Å². The lowest BCUT2D eigenvalue weighted by atomic mass is 10.0. The molecule has 1 aromatic heterocycles. The van der Waals surface area contributed by atoms with E-state index in [1.807, 2.05) is 0 Å². The number of benzene rings is 1. The van der Waals surface area contributed by atoms with E-state index >= 15 is 0 Å². The maximum Gasteiger partial charge on any atom is 0.374 e. The monoisotopic (exact) mass is 380 g/mol. The van der Waals surface area contributed by atoms with Crippen LogP contribution in [0.2, 0.25) is 5.02 Å². The molecule has 1 heterocycles. The summed E-state index contributed by atoms with van der Waals surface area (Å²) in [6.45, 7) is 1.82. The highest BCUT2D eigenvalue weighted by Crippen LogP contribution is 2.36. The second-order valence-electron chi connectivity index (χ2n) is 5.06. The van der Waals surface area contributed by atoms with Crippen LogP contribution in [0.15, 0.2) is 28.7 Å². The van der Waals surface area contributed by atoms with Gasteiger partial charge in [0.15, 0.2) is 0 Å². The molecule has 0 aliphatic carbocycles. The Labute approximate surface area is 154 Å². The zero-order valence-electron chi connectivity index (χ0n) is 14.5. The summed E-state index contributed by atoms with van der Waals surface area (Å²) in [6.07, 6.45) is -0.306. The third-order valence-corrected chi connectivity index (χ3v) is 3.84. The Balaban J connectivity index is 2.75.